The van der Waals surface area contributed by atoms with E-state index in [4.69, 9.17) is 28.6 Å². The minimum absolute atomic E-state index is 0.0280. The molecule has 0 radical (unpaired) electrons. The zero-order valence-corrected chi connectivity index (χ0v) is 25.8. The number of nitrogens with zero attached hydrogens (tertiary/aromatic N) is 6. The molecule has 0 atom stereocenters. The second-order valence-corrected chi connectivity index (χ2v) is 11.6. The van der Waals surface area contributed by atoms with Gasteiger partial charge in [0.15, 0.2) is 22.1 Å². The minimum Gasteiger partial charge on any atom is -0.493 e. The van der Waals surface area contributed by atoms with E-state index < -0.39 is 11.4 Å². The van der Waals surface area contributed by atoms with Gasteiger partial charge in [-0.15, -0.1) is 5.10 Å². The molecule has 2 aliphatic rings. The number of hydrogen-bond acceptors (Lipinski definition) is 6. The smallest absolute Gasteiger partial charge is 0.277 e. The largest absolute Gasteiger partial charge is 0.493 e. The second-order valence-electron chi connectivity index (χ2n) is 11.2. The first kappa shape index (κ1) is 29.4. The highest BCUT2D eigenvalue weighted by molar-refractivity contribution is 7.81. The standard InChI is InChI=1S/C32H32FN7O3S/c1-6-10-25-35-19(4)27-29(41)36-28(37-40(25)27)21-17-20(11-14-24(21)43-7-2)39-31(44)38(30(42)32(39)15-8-9-16-32)23-13-12-22(34-5)18(3)26(23)33/h11-14,17H,6-10,15-16H2,1-4H3,(H,36,37,41). The first-order chi connectivity index (χ1) is 21.2. The van der Waals surface area contributed by atoms with Gasteiger partial charge in [0.25, 0.3) is 11.5 Å². The van der Waals surface area contributed by atoms with Gasteiger partial charge in [-0.25, -0.2) is 18.7 Å². The van der Waals surface area contributed by atoms with Crippen LogP contribution in [0.4, 0.5) is 21.5 Å². The topological polar surface area (TPSA) is 100 Å². The molecule has 4 aromatic rings. The molecule has 2 aromatic heterocycles. The maximum atomic E-state index is 15.6. The molecule has 1 N–H and O–H groups in total. The lowest BCUT2D eigenvalue weighted by Crippen LogP contribution is -2.47. The summed E-state index contributed by atoms with van der Waals surface area (Å²) < 4.78 is 23.2. The van der Waals surface area contributed by atoms with Crippen molar-refractivity contribution in [1.82, 2.24) is 19.6 Å². The SMILES string of the molecule is [C-]#[N+]c1ccc(N2C(=O)C3(CCCC3)N(c3ccc(OCC)c(-c4nn5c(CCC)nc(C)c5c(=O)[nH]4)c3)C2=S)c(F)c1C. The summed E-state index contributed by atoms with van der Waals surface area (Å²) >= 11 is 5.94. The highest BCUT2D eigenvalue weighted by Gasteiger charge is 2.58. The number of hydrogen-bond donors (Lipinski definition) is 1. The van der Waals surface area contributed by atoms with Crippen LogP contribution in [0, 0.1) is 26.2 Å². The molecule has 2 fully saturated rings. The average Bonchev–Trinajstić information content (AvgIpc) is 3.67. The summed E-state index contributed by atoms with van der Waals surface area (Å²) in [7, 11) is 0. The third-order valence-electron chi connectivity index (χ3n) is 8.53. The third-order valence-corrected chi connectivity index (χ3v) is 8.90. The fourth-order valence-corrected chi connectivity index (χ4v) is 6.92. The first-order valence-electron chi connectivity index (χ1n) is 14.8. The van der Waals surface area contributed by atoms with Crippen LogP contribution < -0.4 is 20.1 Å². The van der Waals surface area contributed by atoms with Crippen LogP contribution in [-0.2, 0) is 11.2 Å². The number of aromatic amines is 1. The maximum absolute atomic E-state index is 15.6. The summed E-state index contributed by atoms with van der Waals surface area (Å²) in [5, 5.41) is 4.94. The number of anilines is 2. The van der Waals surface area contributed by atoms with E-state index in [1.807, 2.05) is 30.9 Å². The molecule has 0 bridgehead atoms. The first-order valence-corrected chi connectivity index (χ1v) is 15.2. The Bertz CT molecular complexity index is 1940. The van der Waals surface area contributed by atoms with Crippen LogP contribution in [0.25, 0.3) is 21.7 Å². The van der Waals surface area contributed by atoms with E-state index in [1.54, 1.807) is 17.5 Å². The van der Waals surface area contributed by atoms with Crippen molar-refractivity contribution in [2.45, 2.75) is 71.8 Å². The van der Waals surface area contributed by atoms with Crippen molar-refractivity contribution < 1.29 is 13.9 Å². The van der Waals surface area contributed by atoms with Crippen LogP contribution in [0.15, 0.2) is 35.1 Å². The lowest BCUT2D eigenvalue weighted by molar-refractivity contribution is -0.121. The number of rotatable bonds is 7. The van der Waals surface area contributed by atoms with Gasteiger partial charge < -0.3 is 14.6 Å². The second kappa shape index (κ2) is 11.1. The monoisotopic (exact) mass is 613 g/mol. The number of thiocarbonyl (C=S) groups is 1. The Balaban J connectivity index is 1.52. The van der Waals surface area contributed by atoms with Crippen molar-refractivity contribution in [1.29, 1.82) is 0 Å². The molecule has 12 heteroatoms. The number of aryl methyl sites for hydroxylation is 2. The Morgan fingerprint density at radius 3 is 2.59 bits per heavy atom. The number of carbonyl (C=O) groups is 1. The van der Waals surface area contributed by atoms with Gasteiger partial charge in [0, 0.05) is 12.1 Å². The summed E-state index contributed by atoms with van der Waals surface area (Å²) in [5.41, 5.74) is 1.15. The molecule has 226 valence electrons. The van der Waals surface area contributed by atoms with Gasteiger partial charge >= 0.3 is 0 Å². The van der Waals surface area contributed by atoms with Gasteiger partial charge in [-0.2, -0.15) is 0 Å². The number of fused-ring (bicyclic) bond motifs is 1. The number of benzene rings is 2. The van der Waals surface area contributed by atoms with Crippen molar-refractivity contribution in [2.75, 3.05) is 16.4 Å². The Hall–Kier alpha value is -4.63. The molecular weight excluding hydrogens is 581 g/mol. The van der Waals surface area contributed by atoms with Crippen LogP contribution in [0.2, 0.25) is 0 Å². The fourth-order valence-electron chi connectivity index (χ4n) is 6.46. The Kier molecular flexibility index (Phi) is 7.45. The van der Waals surface area contributed by atoms with Crippen molar-refractivity contribution in [3.63, 3.8) is 0 Å². The molecule has 1 spiro atoms. The summed E-state index contributed by atoms with van der Waals surface area (Å²) in [6.07, 6.45) is 4.20. The van der Waals surface area contributed by atoms with Gasteiger partial charge in [0.05, 0.1) is 30.1 Å². The Morgan fingerprint density at radius 2 is 1.91 bits per heavy atom. The number of aromatic nitrogens is 4. The Labute approximate surface area is 259 Å². The zero-order valence-electron chi connectivity index (χ0n) is 25.0. The van der Waals surface area contributed by atoms with E-state index in [1.165, 1.54) is 24.0 Å². The van der Waals surface area contributed by atoms with E-state index in [9.17, 15) is 9.59 Å². The van der Waals surface area contributed by atoms with Gasteiger partial charge in [-0.1, -0.05) is 25.8 Å². The molecule has 1 aliphatic carbocycles. The van der Waals surface area contributed by atoms with Gasteiger partial charge in [0.1, 0.15) is 22.9 Å². The zero-order chi connectivity index (χ0) is 31.3. The van der Waals surface area contributed by atoms with Crippen molar-refractivity contribution in [3.8, 4) is 17.1 Å². The van der Waals surface area contributed by atoms with E-state index >= 15 is 4.39 Å². The number of ether oxygens (including phenoxy) is 1. The van der Waals surface area contributed by atoms with Crippen LogP contribution in [-0.4, -0.2) is 42.7 Å². The van der Waals surface area contributed by atoms with Crippen LogP contribution in [0.5, 0.6) is 5.75 Å². The molecule has 1 aliphatic heterocycles. The molecule has 2 aromatic carbocycles. The molecule has 44 heavy (non-hydrogen) atoms. The maximum Gasteiger partial charge on any atom is 0.277 e. The van der Waals surface area contributed by atoms with E-state index in [0.29, 0.717) is 59.9 Å². The number of amides is 1. The van der Waals surface area contributed by atoms with E-state index in [-0.39, 0.29) is 39.3 Å². The highest BCUT2D eigenvalue weighted by Crippen LogP contribution is 2.48. The number of halogens is 1. The van der Waals surface area contributed by atoms with E-state index in [0.717, 1.165) is 19.3 Å². The molecule has 1 saturated heterocycles. The quantitative estimate of drug-likeness (QED) is 0.196. The predicted molar refractivity (Wildman–Crippen MR) is 170 cm³/mol. The Morgan fingerprint density at radius 1 is 1.16 bits per heavy atom. The highest BCUT2D eigenvalue weighted by atomic mass is 32.1. The van der Waals surface area contributed by atoms with Crippen molar-refractivity contribution in [3.05, 3.63) is 75.0 Å². The third kappa shape index (κ3) is 4.37. The van der Waals surface area contributed by atoms with Gasteiger partial charge in [-0.3, -0.25) is 14.5 Å². The summed E-state index contributed by atoms with van der Waals surface area (Å²) in [6, 6.07) is 8.37. The average molecular weight is 614 g/mol. The summed E-state index contributed by atoms with van der Waals surface area (Å²) in [5.74, 6) is 0.529. The van der Waals surface area contributed by atoms with Crippen LogP contribution in [0.1, 0.15) is 63.0 Å². The molecule has 1 saturated carbocycles. The minimum atomic E-state index is -0.999. The molecule has 10 nitrogen and oxygen atoms in total. The van der Waals surface area contributed by atoms with Gasteiger partial charge in [-0.05, 0) is 82.1 Å². The van der Waals surface area contributed by atoms with Crippen LogP contribution in [0.3, 0.4) is 0 Å². The normalized spacial score (nSPS) is 16.0. The molecule has 3 heterocycles. The molecule has 0 unspecified atom stereocenters. The predicted octanol–water partition coefficient (Wildman–Crippen LogP) is 6.19. The van der Waals surface area contributed by atoms with Crippen LogP contribution >= 0.6 is 12.2 Å². The fraction of sp³-hybridized carbons (Fsp3) is 0.375. The summed E-state index contributed by atoms with van der Waals surface area (Å²) in [4.78, 5) is 41.5. The lowest BCUT2D eigenvalue weighted by atomic mass is 9.94. The number of H-pyrrole nitrogens is 1. The number of imidazole rings is 1. The molecule has 6 rings (SSSR count). The summed E-state index contributed by atoms with van der Waals surface area (Å²) in [6.45, 7) is 14.9. The van der Waals surface area contributed by atoms with E-state index in [2.05, 4.69) is 14.8 Å². The number of nitrogens with one attached hydrogen (secondary N) is 1. The van der Waals surface area contributed by atoms with Crippen molar-refractivity contribution in [2.24, 2.45) is 0 Å². The molecular formula is C32H32FN7O3S. The number of carbonyl (C=O) groups excluding carboxylic acids is 1. The molecule has 1 amide bonds. The lowest BCUT2D eigenvalue weighted by Gasteiger charge is -2.33. The van der Waals surface area contributed by atoms with Gasteiger partial charge in [0.2, 0.25) is 0 Å². The van der Waals surface area contributed by atoms with Crippen molar-refractivity contribution >= 4 is 45.8 Å².